The molecular formula is C17H22N2O7S. The molecule has 2 unspecified atom stereocenters. The van der Waals surface area contributed by atoms with Crippen molar-refractivity contribution in [3.63, 3.8) is 0 Å². The highest BCUT2D eigenvalue weighted by Gasteiger charge is 2.41. The molecule has 1 aliphatic heterocycles. The van der Waals surface area contributed by atoms with Gasteiger partial charge in [0.05, 0.1) is 25.5 Å². The van der Waals surface area contributed by atoms with E-state index in [-0.39, 0.29) is 24.3 Å². The topological polar surface area (TPSA) is 122 Å². The Labute approximate surface area is 157 Å². The van der Waals surface area contributed by atoms with E-state index in [1.807, 2.05) is 0 Å². The normalized spacial score (nSPS) is 20.6. The number of ether oxygens (including phenoxy) is 2. The SMILES string of the molecule is COC(=O)CC1CC=CCN(S(=O)(=O)c2ccc(OC)cc2)C1C(=O)NO. The summed E-state index contributed by atoms with van der Waals surface area (Å²) in [6.45, 7) is -0.0792. The fraction of sp³-hybridized carbons (Fsp3) is 0.412. The average Bonchev–Trinajstić information content (AvgIpc) is 2.90. The van der Waals surface area contributed by atoms with Crippen molar-refractivity contribution in [2.75, 3.05) is 20.8 Å². The Morgan fingerprint density at radius 3 is 2.44 bits per heavy atom. The first-order valence-electron chi connectivity index (χ1n) is 8.16. The van der Waals surface area contributed by atoms with E-state index in [4.69, 9.17) is 9.94 Å². The highest BCUT2D eigenvalue weighted by molar-refractivity contribution is 7.89. The third-order valence-electron chi connectivity index (χ3n) is 4.35. The fourth-order valence-electron chi connectivity index (χ4n) is 2.96. The van der Waals surface area contributed by atoms with Crippen LogP contribution >= 0.6 is 0 Å². The van der Waals surface area contributed by atoms with E-state index in [2.05, 4.69) is 4.74 Å². The molecule has 0 aliphatic carbocycles. The van der Waals surface area contributed by atoms with Crippen LogP contribution in [0.3, 0.4) is 0 Å². The predicted octanol–water partition coefficient (Wildman–Crippen LogP) is 0.699. The van der Waals surface area contributed by atoms with E-state index in [1.165, 1.54) is 44.0 Å². The zero-order valence-corrected chi connectivity index (χ0v) is 15.8. The Hall–Kier alpha value is -2.43. The Bertz CT molecular complexity index is 805. The summed E-state index contributed by atoms with van der Waals surface area (Å²) < 4.78 is 36.9. The van der Waals surface area contributed by atoms with Crippen LogP contribution in [0.2, 0.25) is 0 Å². The van der Waals surface area contributed by atoms with Crippen LogP contribution in [0.15, 0.2) is 41.3 Å². The summed E-state index contributed by atoms with van der Waals surface area (Å²) >= 11 is 0. The van der Waals surface area contributed by atoms with Crippen molar-refractivity contribution in [1.29, 1.82) is 0 Å². The van der Waals surface area contributed by atoms with Crippen LogP contribution in [-0.2, 0) is 24.3 Å². The van der Waals surface area contributed by atoms with Gasteiger partial charge in [0.2, 0.25) is 10.0 Å². The summed E-state index contributed by atoms with van der Waals surface area (Å²) in [5.74, 6) is -1.70. The number of nitrogens with one attached hydrogen (secondary N) is 1. The average molecular weight is 398 g/mol. The molecule has 2 atom stereocenters. The number of hydrogen-bond acceptors (Lipinski definition) is 7. The maximum Gasteiger partial charge on any atom is 0.305 e. The molecule has 148 valence electrons. The van der Waals surface area contributed by atoms with Crippen molar-refractivity contribution in [2.45, 2.75) is 23.8 Å². The van der Waals surface area contributed by atoms with Gasteiger partial charge in [0.15, 0.2) is 0 Å². The van der Waals surface area contributed by atoms with E-state index in [9.17, 15) is 18.0 Å². The monoisotopic (exact) mass is 398 g/mol. The Kier molecular flexibility index (Phi) is 6.94. The first-order valence-corrected chi connectivity index (χ1v) is 9.60. The molecule has 0 bridgehead atoms. The molecule has 0 saturated heterocycles. The molecule has 0 fully saturated rings. The van der Waals surface area contributed by atoms with E-state index in [1.54, 1.807) is 12.2 Å². The van der Waals surface area contributed by atoms with Crippen molar-refractivity contribution >= 4 is 21.9 Å². The quantitative estimate of drug-likeness (QED) is 0.313. The first-order chi connectivity index (χ1) is 12.8. The molecule has 2 N–H and O–H groups in total. The number of amides is 1. The molecule has 27 heavy (non-hydrogen) atoms. The lowest BCUT2D eigenvalue weighted by Crippen LogP contribution is -2.52. The maximum absolute atomic E-state index is 13.1. The van der Waals surface area contributed by atoms with Crippen LogP contribution in [-0.4, -0.2) is 56.6 Å². The predicted molar refractivity (Wildman–Crippen MR) is 94.5 cm³/mol. The van der Waals surface area contributed by atoms with E-state index < -0.39 is 33.9 Å². The molecule has 2 rings (SSSR count). The van der Waals surface area contributed by atoms with Gasteiger partial charge >= 0.3 is 5.97 Å². The van der Waals surface area contributed by atoms with Crippen LogP contribution in [0.1, 0.15) is 12.8 Å². The minimum absolute atomic E-state index is 0.0360. The van der Waals surface area contributed by atoms with Gasteiger partial charge in [0.25, 0.3) is 5.91 Å². The number of carbonyl (C=O) groups excluding carboxylic acids is 2. The highest BCUT2D eigenvalue weighted by Crippen LogP contribution is 2.29. The number of hydrogen-bond donors (Lipinski definition) is 2. The van der Waals surface area contributed by atoms with Gasteiger partial charge < -0.3 is 9.47 Å². The summed E-state index contributed by atoms with van der Waals surface area (Å²) in [7, 11) is -1.42. The number of allylic oxidation sites excluding steroid dienone is 1. The van der Waals surface area contributed by atoms with Crippen LogP contribution < -0.4 is 10.2 Å². The second kappa shape index (κ2) is 8.98. The lowest BCUT2D eigenvalue weighted by Gasteiger charge is -2.32. The largest absolute Gasteiger partial charge is 0.497 e. The van der Waals surface area contributed by atoms with Crippen LogP contribution in [0.4, 0.5) is 0 Å². The number of benzene rings is 1. The van der Waals surface area contributed by atoms with Crippen molar-refractivity contribution in [3.8, 4) is 5.75 Å². The number of sulfonamides is 1. The molecule has 0 saturated carbocycles. The van der Waals surface area contributed by atoms with Gasteiger partial charge in [-0.15, -0.1) is 0 Å². The maximum atomic E-state index is 13.1. The molecular weight excluding hydrogens is 376 g/mol. The highest BCUT2D eigenvalue weighted by atomic mass is 32.2. The molecule has 1 aromatic carbocycles. The second-order valence-electron chi connectivity index (χ2n) is 5.92. The van der Waals surface area contributed by atoms with Crippen molar-refractivity contribution in [1.82, 2.24) is 9.79 Å². The van der Waals surface area contributed by atoms with Crippen molar-refractivity contribution < 1.29 is 32.7 Å². The molecule has 0 aromatic heterocycles. The van der Waals surface area contributed by atoms with E-state index >= 15 is 0 Å². The molecule has 1 heterocycles. The van der Waals surface area contributed by atoms with Gasteiger partial charge in [-0.3, -0.25) is 14.8 Å². The number of rotatable bonds is 6. The van der Waals surface area contributed by atoms with E-state index in [0.717, 1.165) is 4.31 Å². The zero-order valence-electron chi connectivity index (χ0n) is 15.0. The number of nitrogens with zero attached hydrogens (tertiary/aromatic N) is 1. The molecule has 1 aromatic rings. The van der Waals surface area contributed by atoms with Gasteiger partial charge in [0, 0.05) is 6.54 Å². The minimum atomic E-state index is -4.09. The summed E-state index contributed by atoms with van der Waals surface area (Å²) in [6.07, 6.45) is 3.42. The lowest BCUT2D eigenvalue weighted by molar-refractivity contribution is -0.143. The summed E-state index contributed by atoms with van der Waals surface area (Å²) in [5, 5.41) is 9.14. The number of methoxy groups -OCH3 is 2. The second-order valence-corrected chi connectivity index (χ2v) is 7.81. The summed E-state index contributed by atoms with van der Waals surface area (Å²) in [4.78, 5) is 24.0. The number of hydroxylamine groups is 1. The van der Waals surface area contributed by atoms with Crippen molar-refractivity contribution in [2.24, 2.45) is 5.92 Å². The number of carbonyl (C=O) groups is 2. The standard InChI is InChI=1S/C17H22N2O7S/c1-25-13-6-8-14(9-7-13)27(23,24)19-10-4-3-5-12(11-15(20)26-2)16(19)17(21)18-22/h3-4,6-9,12,16,22H,5,10-11H2,1-2H3,(H,18,21). The summed E-state index contributed by atoms with van der Waals surface area (Å²) in [5.41, 5.74) is 1.51. The third kappa shape index (κ3) is 4.65. The minimum Gasteiger partial charge on any atom is -0.497 e. The fourth-order valence-corrected chi connectivity index (χ4v) is 4.56. The molecule has 0 radical (unpaired) electrons. The molecule has 0 spiro atoms. The van der Waals surface area contributed by atoms with Gasteiger partial charge in [-0.1, -0.05) is 12.2 Å². The smallest absolute Gasteiger partial charge is 0.305 e. The van der Waals surface area contributed by atoms with Gasteiger partial charge in [-0.25, -0.2) is 13.9 Å². The molecule has 9 nitrogen and oxygen atoms in total. The Morgan fingerprint density at radius 2 is 1.89 bits per heavy atom. The Morgan fingerprint density at radius 1 is 1.22 bits per heavy atom. The molecule has 1 aliphatic rings. The van der Waals surface area contributed by atoms with Gasteiger partial charge in [-0.05, 0) is 36.6 Å². The van der Waals surface area contributed by atoms with Crippen LogP contribution in [0.5, 0.6) is 5.75 Å². The molecule has 10 heteroatoms. The van der Waals surface area contributed by atoms with Gasteiger partial charge in [-0.2, -0.15) is 4.31 Å². The van der Waals surface area contributed by atoms with Crippen LogP contribution in [0.25, 0.3) is 0 Å². The zero-order chi connectivity index (χ0) is 20.0. The van der Waals surface area contributed by atoms with Crippen LogP contribution in [0, 0.1) is 5.92 Å². The molecule has 1 amide bonds. The Balaban J connectivity index is 2.46. The van der Waals surface area contributed by atoms with E-state index in [0.29, 0.717) is 5.75 Å². The summed E-state index contributed by atoms with van der Waals surface area (Å²) in [6, 6.07) is 4.44. The van der Waals surface area contributed by atoms with Gasteiger partial charge in [0.1, 0.15) is 11.8 Å². The van der Waals surface area contributed by atoms with Crippen molar-refractivity contribution in [3.05, 3.63) is 36.4 Å². The lowest BCUT2D eigenvalue weighted by atomic mass is 9.92. The number of esters is 1. The first kappa shape index (κ1) is 20.9. The third-order valence-corrected chi connectivity index (χ3v) is 6.21.